The van der Waals surface area contributed by atoms with Gasteiger partial charge in [0.15, 0.2) is 0 Å². The summed E-state index contributed by atoms with van der Waals surface area (Å²) in [4.78, 5) is 27.5. The number of carbonyl (C=O) groups excluding carboxylic acids is 2. The number of nitrogens with two attached hydrogens (primary N) is 1. The molecule has 0 aromatic heterocycles. The molecule has 1 saturated heterocycles. The highest BCUT2D eigenvalue weighted by Crippen LogP contribution is 2.21. The number of amides is 2. The maximum atomic E-state index is 13.1. The molecule has 1 fully saturated rings. The molecule has 0 saturated carbocycles. The fourth-order valence-electron chi connectivity index (χ4n) is 2.96. The van der Waals surface area contributed by atoms with Gasteiger partial charge < -0.3 is 10.6 Å². The van der Waals surface area contributed by atoms with Crippen LogP contribution in [-0.4, -0.2) is 47.3 Å². The van der Waals surface area contributed by atoms with Crippen molar-refractivity contribution in [2.24, 2.45) is 11.7 Å². The molecule has 1 aliphatic heterocycles. The van der Waals surface area contributed by atoms with E-state index in [0.717, 1.165) is 5.56 Å². The monoisotopic (exact) mass is 321 g/mol. The molecule has 0 radical (unpaired) electrons. The van der Waals surface area contributed by atoms with Crippen molar-refractivity contribution in [1.29, 1.82) is 0 Å². The zero-order valence-electron chi connectivity index (χ0n) is 13.7. The first-order valence-corrected chi connectivity index (χ1v) is 7.91. The molecule has 1 unspecified atom stereocenters. The molecular weight excluding hydrogens is 297 g/mol. The van der Waals surface area contributed by atoms with Crippen molar-refractivity contribution in [3.05, 3.63) is 35.6 Å². The second-order valence-corrected chi connectivity index (χ2v) is 6.41. The molecule has 1 atom stereocenters. The first-order valence-electron chi connectivity index (χ1n) is 7.91. The van der Waals surface area contributed by atoms with Crippen molar-refractivity contribution in [1.82, 2.24) is 9.80 Å². The van der Waals surface area contributed by atoms with Gasteiger partial charge in [0.05, 0.1) is 6.54 Å². The lowest BCUT2D eigenvalue weighted by Gasteiger charge is -2.34. The van der Waals surface area contributed by atoms with E-state index in [1.54, 1.807) is 12.1 Å². The Balaban J connectivity index is 2.18. The maximum absolute atomic E-state index is 13.1. The Morgan fingerprint density at radius 3 is 2.57 bits per heavy atom. The van der Waals surface area contributed by atoms with Gasteiger partial charge >= 0.3 is 0 Å². The fraction of sp³-hybridized carbons (Fsp3) is 0.529. The Labute approximate surface area is 136 Å². The molecule has 2 N–H and O–H groups in total. The van der Waals surface area contributed by atoms with Gasteiger partial charge in [0.2, 0.25) is 11.8 Å². The van der Waals surface area contributed by atoms with E-state index < -0.39 is 0 Å². The minimum absolute atomic E-state index is 0.00518. The quantitative estimate of drug-likeness (QED) is 0.891. The van der Waals surface area contributed by atoms with E-state index >= 15 is 0 Å². The van der Waals surface area contributed by atoms with Gasteiger partial charge in [-0.05, 0) is 23.6 Å². The lowest BCUT2D eigenvalue weighted by molar-refractivity contribution is -0.134. The molecule has 2 amide bonds. The standard InChI is InChI=1S/C17H24FN3O2/c1-12(2)15-10-20(11-16(19)22)8-7-17(23)21(15)9-13-3-5-14(18)6-4-13/h3-6,12,15H,7-11H2,1-2H3,(H2,19,22). The second kappa shape index (κ2) is 7.55. The fourth-order valence-corrected chi connectivity index (χ4v) is 2.96. The van der Waals surface area contributed by atoms with Gasteiger partial charge in [-0.2, -0.15) is 0 Å². The summed E-state index contributed by atoms with van der Waals surface area (Å²) in [5, 5.41) is 0. The number of benzene rings is 1. The summed E-state index contributed by atoms with van der Waals surface area (Å²) < 4.78 is 13.1. The molecule has 1 aliphatic rings. The van der Waals surface area contributed by atoms with Crippen LogP contribution in [-0.2, 0) is 16.1 Å². The first-order chi connectivity index (χ1) is 10.9. The topological polar surface area (TPSA) is 66.6 Å². The Bertz CT molecular complexity index is 559. The lowest BCUT2D eigenvalue weighted by Crippen LogP contribution is -2.47. The van der Waals surface area contributed by atoms with Gasteiger partial charge in [0.25, 0.3) is 0 Å². The number of hydrogen-bond acceptors (Lipinski definition) is 3. The van der Waals surface area contributed by atoms with Crippen LogP contribution in [0.4, 0.5) is 4.39 Å². The van der Waals surface area contributed by atoms with E-state index in [2.05, 4.69) is 13.8 Å². The smallest absolute Gasteiger partial charge is 0.231 e. The van der Waals surface area contributed by atoms with Crippen LogP contribution in [0.1, 0.15) is 25.8 Å². The van der Waals surface area contributed by atoms with Crippen LogP contribution >= 0.6 is 0 Å². The van der Waals surface area contributed by atoms with Crippen molar-refractivity contribution in [3.63, 3.8) is 0 Å². The third kappa shape index (κ3) is 4.76. The molecule has 2 rings (SSSR count). The summed E-state index contributed by atoms with van der Waals surface area (Å²) in [7, 11) is 0. The van der Waals surface area contributed by atoms with Gasteiger partial charge in [-0.3, -0.25) is 14.5 Å². The van der Waals surface area contributed by atoms with Gasteiger partial charge in [-0.25, -0.2) is 4.39 Å². The molecule has 1 aromatic rings. The zero-order chi connectivity index (χ0) is 17.0. The highest BCUT2D eigenvalue weighted by Gasteiger charge is 2.31. The number of rotatable bonds is 5. The largest absolute Gasteiger partial charge is 0.369 e. The number of nitrogens with zero attached hydrogens (tertiary/aromatic N) is 2. The summed E-state index contributed by atoms with van der Waals surface area (Å²) in [6, 6.07) is 6.20. The molecule has 0 aliphatic carbocycles. The molecular formula is C17H24FN3O2. The van der Waals surface area contributed by atoms with Crippen molar-refractivity contribution in [2.45, 2.75) is 32.9 Å². The summed E-state index contributed by atoms with van der Waals surface area (Å²) >= 11 is 0. The van der Waals surface area contributed by atoms with E-state index in [4.69, 9.17) is 5.73 Å². The summed E-state index contributed by atoms with van der Waals surface area (Å²) in [5.41, 5.74) is 6.19. The Hall–Kier alpha value is -1.95. The van der Waals surface area contributed by atoms with Crippen LogP contribution in [0.25, 0.3) is 0 Å². The van der Waals surface area contributed by atoms with Crippen LogP contribution in [0.2, 0.25) is 0 Å². The SMILES string of the molecule is CC(C)C1CN(CC(N)=O)CCC(=O)N1Cc1ccc(F)cc1. The van der Waals surface area contributed by atoms with Crippen molar-refractivity contribution in [2.75, 3.05) is 19.6 Å². The van der Waals surface area contributed by atoms with Crippen molar-refractivity contribution < 1.29 is 14.0 Å². The van der Waals surface area contributed by atoms with E-state index in [-0.39, 0.29) is 36.1 Å². The number of halogens is 1. The van der Waals surface area contributed by atoms with Crippen LogP contribution in [0.3, 0.4) is 0 Å². The first kappa shape index (κ1) is 17.4. The minimum Gasteiger partial charge on any atom is -0.369 e. The van der Waals surface area contributed by atoms with E-state index in [1.165, 1.54) is 12.1 Å². The number of carbonyl (C=O) groups is 2. The third-order valence-corrected chi connectivity index (χ3v) is 4.22. The van der Waals surface area contributed by atoms with Crippen LogP contribution in [0, 0.1) is 11.7 Å². The van der Waals surface area contributed by atoms with Crippen LogP contribution < -0.4 is 5.73 Å². The van der Waals surface area contributed by atoms with Crippen molar-refractivity contribution in [3.8, 4) is 0 Å². The van der Waals surface area contributed by atoms with Crippen molar-refractivity contribution >= 4 is 11.8 Å². The molecule has 5 nitrogen and oxygen atoms in total. The number of primary amides is 1. The molecule has 23 heavy (non-hydrogen) atoms. The highest BCUT2D eigenvalue weighted by molar-refractivity contribution is 5.78. The predicted octanol–water partition coefficient (Wildman–Crippen LogP) is 1.37. The van der Waals surface area contributed by atoms with Crippen LogP contribution in [0.15, 0.2) is 24.3 Å². The average molecular weight is 321 g/mol. The van der Waals surface area contributed by atoms with E-state index in [1.807, 2.05) is 9.80 Å². The molecule has 0 bridgehead atoms. The molecule has 0 spiro atoms. The van der Waals surface area contributed by atoms with Gasteiger partial charge in [-0.1, -0.05) is 26.0 Å². The maximum Gasteiger partial charge on any atom is 0.231 e. The normalized spacial score (nSPS) is 19.9. The zero-order valence-corrected chi connectivity index (χ0v) is 13.7. The van der Waals surface area contributed by atoms with Gasteiger partial charge in [-0.15, -0.1) is 0 Å². The molecule has 126 valence electrons. The third-order valence-electron chi connectivity index (χ3n) is 4.22. The Morgan fingerprint density at radius 1 is 1.35 bits per heavy atom. The Kier molecular flexibility index (Phi) is 5.71. The van der Waals surface area contributed by atoms with E-state index in [9.17, 15) is 14.0 Å². The number of hydrogen-bond donors (Lipinski definition) is 1. The highest BCUT2D eigenvalue weighted by atomic mass is 19.1. The summed E-state index contributed by atoms with van der Waals surface area (Å²) in [6.45, 7) is 5.89. The van der Waals surface area contributed by atoms with Gasteiger partial charge in [0.1, 0.15) is 5.82 Å². The molecule has 1 heterocycles. The molecule has 6 heteroatoms. The second-order valence-electron chi connectivity index (χ2n) is 6.41. The minimum atomic E-state index is -0.382. The van der Waals surface area contributed by atoms with Gasteiger partial charge in [0, 0.05) is 32.1 Å². The predicted molar refractivity (Wildman–Crippen MR) is 85.8 cm³/mol. The molecule has 1 aromatic carbocycles. The lowest BCUT2D eigenvalue weighted by atomic mass is 10.0. The van der Waals surface area contributed by atoms with E-state index in [0.29, 0.717) is 26.1 Å². The average Bonchev–Trinajstić information content (AvgIpc) is 2.62. The van der Waals surface area contributed by atoms with Crippen LogP contribution in [0.5, 0.6) is 0 Å². The summed E-state index contributed by atoms with van der Waals surface area (Å²) in [6.07, 6.45) is 0.359. The Morgan fingerprint density at radius 2 is 2.00 bits per heavy atom. The summed E-state index contributed by atoms with van der Waals surface area (Å²) in [5.74, 6) is -0.371.